The average molecular weight is 344 g/mol. The quantitative estimate of drug-likeness (QED) is 0.859. The van der Waals surface area contributed by atoms with Crippen molar-refractivity contribution in [1.29, 1.82) is 0 Å². The Morgan fingerprint density at radius 3 is 2.83 bits per heavy atom. The number of hydrogen-bond acceptors (Lipinski definition) is 4. The van der Waals surface area contributed by atoms with E-state index in [4.69, 9.17) is 0 Å². The molecule has 0 saturated heterocycles. The second kappa shape index (κ2) is 6.58. The van der Waals surface area contributed by atoms with Crippen LogP contribution in [0, 0.1) is 17.8 Å². The van der Waals surface area contributed by atoms with Crippen molar-refractivity contribution in [3.63, 3.8) is 0 Å². The number of nitrogens with one attached hydrogen (secondary N) is 1. The predicted molar refractivity (Wildman–Crippen MR) is 78.4 cm³/mol. The van der Waals surface area contributed by atoms with Crippen molar-refractivity contribution in [2.24, 2.45) is 17.8 Å². The minimum Gasteiger partial charge on any atom is -0.468 e. The predicted octanol–water partition coefficient (Wildman–Crippen LogP) is 2.16. The molecule has 5 nitrogen and oxygen atoms in total. The van der Waals surface area contributed by atoms with Crippen molar-refractivity contribution in [2.75, 3.05) is 13.2 Å². The van der Waals surface area contributed by atoms with E-state index in [2.05, 4.69) is 15.0 Å². The van der Waals surface area contributed by atoms with E-state index in [-0.39, 0.29) is 35.9 Å². The molecule has 8 heteroatoms. The lowest BCUT2D eigenvalue weighted by Crippen LogP contribution is -2.45. The zero-order valence-corrected chi connectivity index (χ0v) is 12.9. The van der Waals surface area contributed by atoms with Gasteiger partial charge >= 0.3 is 6.18 Å². The van der Waals surface area contributed by atoms with Gasteiger partial charge in [0.15, 0.2) is 6.61 Å². The van der Waals surface area contributed by atoms with Crippen molar-refractivity contribution in [3.05, 3.63) is 23.9 Å². The van der Waals surface area contributed by atoms with Gasteiger partial charge in [-0.05, 0) is 37.2 Å². The normalized spacial score (nSPS) is 28.8. The largest absolute Gasteiger partial charge is 0.468 e. The number of pyridine rings is 1. The summed E-state index contributed by atoms with van der Waals surface area (Å²) in [5.41, 5.74) is 0.196. The number of aromatic nitrogens is 1. The lowest BCUT2D eigenvalue weighted by atomic mass is 9.85. The summed E-state index contributed by atoms with van der Waals surface area (Å²) in [6.07, 6.45) is -0.107. The Bertz CT molecular complexity index is 608. The highest BCUT2D eigenvalue weighted by Crippen LogP contribution is 2.48. The fraction of sp³-hybridized carbons (Fsp3) is 0.625. The number of aliphatic hydroxyl groups excluding tert-OH is 1. The minimum absolute atomic E-state index is 0.0302. The molecule has 1 amide bonds. The van der Waals surface area contributed by atoms with E-state index in [9.17, 15) is 23.1 Å². The van der Waals surface area contributed by atoms with Crippen LogP contribution in [0.25, 0.3) is 0 Å². The Morgan fingerprint density at radius 1 is 1.38 bits per heavy atom. The van der Waals surface area contributed by atoms with Crippen molar-refractivity contribution < 1.29 is 27.8 Å². The first-order valence-corrected chi connectivity index (χ1v) is 7.94. The molecule has 2 aliphatic carbocycles. The lowest BCUT2D eigenvalue weighted by molar-refractivity contribution is -0.154. The third kappa shape index (κ3) is 3.63. The van der Waals surface area contributed by atoms with Crippen molar-refractivity contribution in [1.82, 2.24) is 10.3 Å². The number of carbonyl (C=O) groups is 1. The third-order valence-electron chi connectivity index (χ3n) is 4.98. The van der Waals surface area contributed by atoms with Gasteiger partial charge in [0.25, 0.3) is 5.91 Å². The van der Waals surface area contributed by atoms with E-state index in [1.165, 1.54) is 18.3 Å². The fourth-order valence-electron chi connectivity index (χ4n) is 3.92. The van der Waals surface area contributed by atoms with E-state index >= 15 is 0 Å². The standard InChI is InChI=1S/C16H19F3N2O3/c17-16(18,19)8-24-13-6-11(3-4-20-13)15(23)21-14-10-2-1-9(5-10)12(14)7-22/h3-4,6,9-10,12,14,22H,1-2,5,7-8H2,(H,21,23). The Hall–Kier alpha value is -1.83. The summed E-state index contributed by atoms with van der Waals surface area (Å²) in [5.74, 6) is 0.222. The monoisotopic (exact) mass is 344 g/mol. The Kier molecular flexibility index (Phi) is 4.67. The summed E-state index contributed by atoms with van der Waals surface area (Å²) in [6.45, 7) is -1.42. The van der Waals surface area contributed by atoms with Gasteiger partial charge in [-0.3, -0.25) is 4.79 Å². The summed E-state index contributed by atoms with van der Waals surface area (Å²) < 4.78 is 41.1. The highest BCUT2D eigenvalue weighted by Gasteiger charge is 2.47. The molecule has 2 aliphatic rings. The van der Waals surface area contributed by atoms with E-state index in [0.717, 1.165) is 19.3 Å². The first-order valence-electron chi connectivity index (χ1n) is 7.94. The maximum atomic E-state index is 12.4. The van der Waals surface area contributed by atoms with Crippen LogP contribution in [0.1, 0.15) is 29.6 Å². The number of ether oxygens (including phenoxy) is 1. The van der Waals surface area contributed by atoms with Crippen LogP contribution in [0.2, 0.25) is 0 Å². The molecule has 0 aromatic carbocycles. The molecule has 3 rings (SSSR count). The van der Waals surface area contributed by atoms with Crippen molar-refractivity contribution >= 4 is 5.91 Å². The number of alkyl halides is 3. The summed E-state index contributed by atoms with van der Waals surface area (Å²) in [4.78, 5) is 16.1. The molecule has 1 aromatic heterocycles. The zero-order valence-electron chi connectivity index (χ0n) is 12.9. The highest BCUT2D eigenvalue weighted by molar-refractivity contribution is 5.94. The van der Waals surface area contributed by atoms with E-state index in [1.54, 1.807) is 0 Å². The summed E-state index contributed by atoms with van der Waals surface area (Å²) in [7, 11) is 0. The maximum absolute atomic E-state index is 12.4. The van der Waals surface area contributed by atoms with E-state index in [1.807, 2.05) is 0 Å². The van der Waals surface area contributed by atoms with Gasteiger partial charge in [-0.1, -0.05) is 0 Å². The number of fused-ring (bicyclic) bond motifs is 2. The molecule has 2 fully saturated rings. The van der Waals surface area contributed by atoms with Crippen LogP contribution in [-0.4, -0.2) is 41.4 Å². The molecule has 2 saturated carbocycles. The third-order valence-corrected chi connectivity index (χ3v) is 4.98. The SMILES string of the molecule is O=C(NC1C2CCC(C2)C1CO)c1ccnc(OCC(F)(F)F)c1. The molecule has 1 aromatic rings. The smallest absolute Gasteiger partial charge is 0.422 e. The van der Waals surface area contributed by atoms with E-state index in [0.29, 0.717) is 11.8 Å². The fourth-order valence-corrected chi connectivity index (χ4v) is 3.92. The van der Waals surface area contributed by atoms with Gasteiger partial charge in [-0.2, -0.15) is 13.2 Å². The second-order valence-electron chi connectivity index (χ2n) is 6.47. The number of amides is 1. The number of halogens is 3. The molecule has 0 radical (unpaired) electrons. The molecular weight excluding hydrogens is 325 g/mol. The first kappa shape index (κ1) is 17.0. The van der Waals surface area contributed by atoms with Gasteiger partial charge in [0, 0.05) is 36.4 Å². The van der Waals surface area contributed by atoms with Crippen LogP contribution in [-0.2, 0) is 0 Å². The maximum Gasteiger partial charge on any atom is 0.422 e. The van der Waals surface area contributed by atoms with Gasteiger partial charge in [-0.25, -0.2) is 4.98 Å². The van der Waals surface area contributed by atoms with Crippen LogP contribution in [0.5, 0.6) is 5.88 Å². The molecule has 4 atom stereocenters. The minimum atomic E-state index is -4.46. The summed E-state index contributed by atoms with van der Waals surface area (Å²) in [6, 6.07) is 2.54. The molecular formula is C16H19F3N2O3. The molecule has 0 spiro atoms. The van der Waals surface area contributed by atoms with Crippen LogP contribution >= 0.6 is 0 Å². The molecule has 2 bridgehead atoms. The van der Waals surface area contributed by atoms with Gasteiger partial charge in [0.05, 0.1) is 0 Å². The van der Waals surface area contributed by atoms with Crippen molar-refractivity contribution in [3.8, 4) is 5.88 Å². The molecule has 1 heterocycles. The number of aliphatic hydroxyl groups is 1. The van der Waals surface area contributed by atoms with Gasteiger partial charge < -0.3 is 15.2 Å². The summed E-state index contributed by atoms with van der Waals surface area (Å²) in [5, 5.41) is 12.5. The zero-order chi connectivity index (χ0) is 17.3. The highest BCUT2D eigenvalue weighted by atomic mass is 19.4. The van der Waals surface area contributed by atoms with Crippen LogP contribution in [0.4, 0.5) is 13.2 Å². The second-order valence-corrected chi connectivity index (χ2v) is 6.47. The molecule has 4 unspecified atom stereocenters. The topological polar surface area (TPSA) is 71.5 Å². The molecule has 132 valence electrons. The Labute approximate surface area is 137 Å². The average Bonchev–Trinajstić information content (AvgIpc) is 3.13. The molecule has 24 heavy (non-hydrogen) atoms. The molecule has 2 N–H and O–H groups in total. The molecule has 0 aliphatic heterocycles. The number of hydrogen-bond donors (Lipinski definition) is 2. The number of nitrogens with zero attached hydrogens (tertiary/aromatic N) is 1. The van der Waals surface area contributed by atoms with Crippen LogP contribution < -0.4 is 10.1 Å². The first-order chi connectivity index (χ1) is 11.4. The summed E-state index contributed by atoms with van der Waals surface area (Å²) >= 11 is 0. The number of rotatable bonds is 5. The Morgan fingerprint density at radius 2 is 2.12 bits per heavy atom. The Balaban J connectivity index is 1.65. The van der Waals surface area contributed by atoms with E-state index < -0.39 is 12.8 Å². The lowest BCUT2D eigenvalue weighted by Gasteiger charge is -2.30. The van der Waals surface area contributed by atoms with Crippen LogP contribution in [0.3, 0.4) is 0 Å². The van der Waals surface area contributed by atoms with Gasteiger partial charge in [0.1, 0.15) is 0 Å². The van der Waals surface area contributed by atoms with Crippen molar-refractivity contribution in [2.45, 2.75) is 31.5 Å². The van der Waals surface area contributed by atoms with Gasteiger partial charge in [-0.15, -0.1) is 0 Å². The van der Waals surface area contributed by atoms with Gasteiger partial charge in [0.2, 0.25) is 5.88 Å². The van der Waals surface area contributed by atoms with Crippen LogP contribution in [0.15, 0.2) is 18.3 Å². The number of carbonyl (C=O) groups excluding carboxylic acids is 1.